The highest BCUT2D eigenvalue weighted by atomic mass is 32.1. The van der Waals surface area contributed by atoms with E-state index in [1.807, 2.05) is 18.4 Å². The molecular formula is C13H20N4OS. The first-order chi connectivity index (χ1) is 9.05. The first-order valence-electron chi connectivity index (χ1n) is 6.32. The second-order valence-corrected chi connectivity index (χ2v) is 5.90. The van der Waals surface area contributed by atoms with Gasteiger partial charge in [-0.3, -0.25) is 0 Å². The van der Waals surface area contributed by atoms with E-state index in [0.717, 1.165) is 22.6 Å². The number of rotatable bonds is 6. The van der Waals surface area contributed by atoms with E-state index in [-0.39, 0.29) is 5.54 Å². The summed E-state index contributed by atoms with van der Waals surface area (Å²) in [6, 6.07) is 2.04. The van der Waals surface area contributed by atoms with E-state index >= 15 is 0 Å². The van der Waals surface area contributed by atoms with Crippen molar-refractivity contribution in [2.24, 2.45) is 0 Å². The number of fused-ring (bicyclic) bond motifs is 1. The Kier molecular flexibility index (Phi) is 4.21. The average molecular weight is 280 g/mol. The van der Waals surface area contributed by atoms with Gasteiger partial charge in [-0.1, -0.05) is 0 Å². The summed E-state index contributed by atoms with van der Waals surface area (Å²) in [5.74, 6) is 1.51. The van der Waals surface area contributed by atoms with E-state index in [2.05, 4.69) is 34.4 Å². The summed E-state index contributed by atoms with van der Waals surface area (Å²) in [6.45, 7) is 7.62. The Hall–Kier alpha value is -1.40. The fourth-order valence-electron chi connectivity index (χ4n) is 1.91. The minimum absolute atomic E-state index is 0.179. The molecule has 0 aromatic carbocycles. The summed E-state index contributed by atoms with van der Waals surface area (Å²) in [4.78, 5) is 10.0. The lowest BCUT2D eigenvalue weighted by atomic mass is 10.1. The Morgan fingerprint density at radius 2 is 2.16 bits per heavy atom. The molecule has 6 heteroatoms. The van der Waals surface area contributed by atoms with Crippen molar-refractivity contribution in [3.8, 4) is 0 Å². The molecular weight excluding hydrogens is 260 g/mol. The van der Waals surface area contributed by atoms with Crippen molar-refractivity contribution < 1.29 is 4.74 Å². The second kappa shape index (κ2) is 5.71. The predicted octanol–water partition coefficient (Wildman–Crippen LogP) is 2.96. The highest BCUT2D eigenvalue weighted by molar-refractivity contribution is 7.16. The number of nitrogens with one attached hydrogen (secondary N) is 2. The van der Waals surface area contributed by atoms with Crippen LogP contribution in [0.2, 0.25) is 0 Å². The Morgan fingerprint density at radius 1 is 1.37 bits per heavy atom. The lowest BCUT2D eigenvalue weighted by Gasteiger charge is -2.26. The van der Waals surface area contributed by atoms with Crippen molar-refractivity contribution in [1.29, 1.82) is 0 Å². The summed E-state index contributed by atoms with van der Waals surface area (Å²) in [7, 11) is 1.70. The number of nitrogens with zero attached hydrogens (tertiary/aromatic N) is 2. The molecule has 0 saturated carbocycles. The van der Waals surface area contributed by atoms with E-state index in [9.17, 15) is 0 Å². The predicted molar refractivity (Wildman–Crippen MR) is 81.2 cm³/mol. The van der Waals surface area contributed by atoms with E-state index < -0.39 is 0 Å². The van der Waals surface area contributed by atoms with Crippen LogP contribution in [0.3, 0.4) is 0 Å². The summed E-state index contributed by atoms with van der Waals surface area (Å²) in [5.41, 5.74) is -0.179. The van der Waals surface area contributed by atoms with Crippen LogP contribution < -0.4 is 10.6 Å². The van der Waals surface area contributed by atoms with Gasteiger partial charge in [0.2, 0.25) is 5.95 Å². The van der Waals surface area contributed by atoms with Gasteiger partial charge < -0.3 is 15.4 Å². The van der Waals surface area contributed by atoms with E-state index in [0.29, 0.717) is 12.6 Å². The Labute approximate surface area is 117 Å². The first-order valence-corrected chi connectivity index (χ1v) is 7.20. The largest absolute Gasteiger partial charge is 0.382 e. The second-order valence-electron chi connectivity index (χ2n) is 5.01. The smallest absolute Gasteiger partial charge is 0.226 e. The Morgan fingerprint density at radius 3 is 2.84 bits per heavy atom. The number of thiophene rings is 1. The van der Waals surface area contributed by atoms with Crippen LogP contribution in [0.1, 0.15) is 20.8 Å². The Bertz CT molecular complexity index is 553. The van der Waals surface area contributed by atoms with Gasteiger partial charge in [-0.25, -0.2) is 4.98 Å². The van der Waals surface area contributed by atoms with Gasteiger partial charge in [0.05, 0.1) is 17.5 Å². The molecule has 2 N–H and O–H groups in total. The van der Waals surface area contributed by atoms with Gasteiger partial charge in [-0.15, -0.1) is 11.3 Å². The third-order valence-electron chi connectivity index (χ3n) is 2.62. The normalized spacial score (nSPS) is 11.8. The van der Waals surface area contributed by atoms with Crippen molar-refractivity contribution in [3.05, 3.63) is 11.4 Å². The Balaban J connectivity index is 2.37. The SMILES string of the molecule is CCNc1nc(NC(C)(C)COC)c2ccsc2n1. The molecule has 2 rings (SSSR count). The van der Waals surface area contributed by atoms with Crippen molar-refractivity contribution in [2.45, 2.75) is 26.3 Å². The molecule has 0 amide bonds. The molecule has 0 radical (unpaired) electrons. The fraction of sp³-hybridized carbons (Fsp3) is 0.538. The van der Waals surface area contributed by atoms with Gasteiger partial charge in [-0.2, -0.15) is 4.98 Å². The molecule has 0 unspecified atom stereocenters. The highest BCUT2D eigenvalue weighted by Gasteiger charge is 2.20. The third-order valence-corrected chi connectivity index (χ3v) is 3.43. The number of hydrogen-bond acceptors (Lipinski definition) is 6. The van der Waals surface area contributed by atoms with Crippen LogP contribution in [0, 0.1) is 0 Å². The topological polar surface area (TPSA) is 59.1 Å². The van der Waals surface area contributed by atoms with E-state index in [1.54, 1.807) is 18.4 Å². The van der Waals surface area contributed by atoms with Crippen LogP contribution in [0.25, 0.3) is 10.2 Å². The number of hydrogen-bond donors (Lipinski definition) is 2. The first kappa shape index (κ1) is 14.0. The van der Waals surface area contributed by atoms with Crippen LogP contribution >= 0.6 is 11.3 Å². The van der Waals surface area contributed by atoms with E-state index in [1.165, 1.54) is 0 Å². The third kappa shape index (κ3) is 3.33. The van der Waals surface area contributed by atoms with Crippen LogP contribution in [0.15, 0.2) is 11.4 Å². The molecule has 0 saturated heterocycles. The number of ether oxygens (including phenoxy) is 1. The molecule has 0 fully saturated rings. The summed E-state index contributed by atoms with van der Waals surface area (Å²) in [6.07, 6.45) is 0. The zero-order chi connectivity index (χ0) is 13.9. The van der Waals surface area contributed by atoms with Gasteiger partial charge in [0.25, 0.3) is 0 Å². The maximum absolute atomic E-state index is 5.23. The molecule has 2 heterocycles. The standard InChI is InChI=1S/C13H20N4OS/c1-5-14-12-15-10(17-13(2,3)8-18-4)9-6-7-19-11(9)16-12/h6-7H,5,8H2,1-4H3,(H2,14,15,16,17). The maximum Gasteiger partial charge on any atom is 0.226 e. The van der Waals surface area contributed by atoms with Crippen molar-refractivity contribution >= 4 is 33.3 Å². The molecule has 0 aliphatic rings. The molecule has 0 aliphatic carbocycles. The van der Waals surface area contributed by atoms with Crippen molar-refractivity contribution in [3.63, 3.8) is 0 Å². The van der Waals surface area contributed by atoms with E-state index in [4.69, 9.17) is 4.74 Å². The van der Waals surface area contributed by atoms with Crippen LogP contribution in [0.4, 0.5) is 11.8 Å². The molecule has 0 spiro atoms. The highest BCUT2D eigenvalue weighted by Crippen LogP contribution is 2.28. The molecule has 0 bridgehead atoms. The minimum atomic E-state index is -0.179. The molecule has 2 aromatic rings. The maximum atomic E-state index is 5.23. The summed E-state index contributed by atoms with van der Waals surface area (Å²) in [5, 5.41) is 9.68. The minimum Gasteiger partial charge on any atom is -0.382 e. The van der Waals surface area contributed by atoms with Gasteiger partial charge in [0.15, 0.2) is 0 Å². The van der Waals surface area contributed by atoms with Crippen molar-refractivity contribution in [1.82, 2.24) is 9.97 Å². The summed E-state index contributed by atoms with van der Waals surface area (Å²) >= 11 is 1.62. The average Bonchev–Trinajstić information content (AvgIpc) is 2.77. The van der Waals surface area contributed by atoms with Crippen LogP contribution in [0.5, 0.6) is 0 Å². The quantitative estimate of drug-likeness (QED) is 0.852. The number of methoxy groups -OCH3 is 1. The molecule has 0 aliphatic heterocycles. The lowest BCUT2D eigenvalue weighted by Crippen LogP contribution is -2.36. The monoisotopic (exact) mass is 280 g/mol. The zero-order valence-electron chi connectivity index (χ0n) is 11.8. The molecule has 5 nitrogen and oxygen atoms in total. The number of aromatic nitrogens is 2. The molecule has 104 valence electrons. The summed E-state index contributed by atoms with van der Waals surface area (Å²) < 4.78 is 5.23. The lowest BCUT2D eigenvalue weighted by molar-refractivity contribution is 0.158. The molecule has 2 aromatic heterocycles. The van der Waals surface area contributed by atoms with Gasteiger partial charge in [0.1, 0.15) is 10.6 Å². The van der Waals surface area contributed by atoms with Gasteiger partial charge in [0, 0.05) is 13.7 Å². The molecule has 0 atom stereocenters. The van der Waals surface area contributed by atoms with Crippen molar-refractivity contribution in [2.75, 3.05) is 30.9 Å². The zero-order valence-corrected chi connectivity index (χ0v) is 12.6. The van der Waals surface area contributed by atoms with Crippen LogP contribution in [-0.2, 0) is 4.74 Å². The van der Waals surface area contributed by atoms with Crippen LogP contribution in [-0.4, -0.2) is 35.8 Å². The van der Waals surface area contributed by atoms with Gasteiger partial charge >= 0.3 is 0 Å². The van der Waals surface area contributed by atoms with Gasteiger partial charge in [-0.05, 0) is 32.2 Å². The fourth-order valence-corrected chi connectivity index (χ4v) is 2.67. The molecule has 19 heavy (non-hydrogen) atoms. The number of anilines is 2.